The van der Waals surface area contributed by atoms with Gasteiger partial charge in [0, 0.05) is 6.61 Å². The molecule has 15 heavy (non-hydrogen) atoms. The fourth-order valence-electron chi connectivity index (χ4n) is 2.04. The zero-order valence-electron chi connectivity index (χ0n) is 8.73. The fourth-order valence-corrected chi connectivity index (χ4v) is 2.04. The van der Waals surface area contributed by atoms with E-state index in [1.807, 2.05) is 30.3 Å². The molecule has 2 unspecified atom stereocenters. The lowest BCUT2D eigenvalue weighted by Gasteiger charge is -2.14. The molecule has 1 aliphatic heterocycles. The van der Waals surface area contributed by atoms with Crippen molar-refractivity contribution in [3.8, 4) is 6.07 Å². The van der Waals surface area contributed by atoms with Crippen molar-refractivity contribution >= 4 is 0 Å². The second-order valence-electron chi connectivity index (χ2n) is 3.96. The summed E-state index contributed by atoms with van der Waals surface area (Å²) in [6, 6.07) is 12.3. The molecule has 0 aliphatic carbocycles. The molecule has 1 aromatic carbocycles. The van der Waals surface area contributed by atoms with Crippen molar-refractivity contribution in [3.63, 3.8) is 0 Å². The van der Waals surface area contributed by atoms with Crippen LogP contribution in [0.15, 0.2) is 30.3 Å². The van der Waals surface area contributed by atoms with Crippen molar-refractivity contribution in [3.05, 3.63) is 35.9 Å². The van der Waals surface area contributed by atoms with Crippen molar-refractivity contribution in [1.29, 1.82) is 5.26 Å². The lowest BCUT2D eigenvalue weighted by molar-refractivity contribution is 0.102. The Morgan fingerprint density at radius 3 is 2.80 bits per heavy atom. The van der Waals surface area contributed by atoms with Gasteiger partial charge in [-0.05, 0) is 24.8 Å². The van der Waals surface area contributed by atoms with E-state index in [0.29, 0.717) is 0 Å². The minimum Gasteiger partial charge on any atom is -0.378 e. The van der Waals surface area contributed by atoms with E-state index < -0.39 is 0 Å². The van der Waals surface area contributed by atoms with Gasteiger partial charge in [0.1, 0.15) is 0 Å². The minimum absolute atomic E-state index is 0.0192. The molecule has 78 valence electrons. The molecule has 1 saturated heterocycles. The summed E-state index contributed by atoms with van der Waals surface area (Å²) in [6.45, 7) is 0.859. The summed E-state index contributed by atoms with van der Waals surface area (Å²) in [7, 11) is 0. The van der Waals surface area contributed by atoms with E-state index in [-0.39, 0.29) is 12.0 Å². The van der Waals surface area contributed by atoms with Crippen LogP contribution in [0.1, 0.15) is 30.7 Å². The third-order valence-electron chi connectivity index (χ3n) is 2.88. The highest BCUT2D eigenvalue weighted by molar-refractivity contribution is 5.24. The topological polar surface area (TPSA) is 33.0 Å². The third-order valence-corrected chi connectivity index (χ3v) is 2.88. The quantitative estimate of drug-likeness (QED) is 0.753. The van der Waals surface area contributed by atoms with Gasteiger partial charge >= 0.3 is 0 Å². The van der Waals surface area contributed by atoms with Crippen LogP contribution in [-0.4, -0.2) is 12.7 Å². The predicted octanol–water partition coefficient (Wildman–Crippen LogP) is 2.86. The van der Waals surface area contributed by atoms with Gasteiger partial charge in [-0.1, -0.05) is 30.3 Å². The summed E-state index contributed by atoms with van der Waals surface area (Å²) < 4.78 is 5.56. The van der Waals surface area contributed by atoms with Gasteiger partial charge in [-0.2, -0.15) is 5.26 Å². The Bertz CT molecular complexity index is 335. The summed E-state index contributed by atoms with van der Waals surface area (Å²) in [5.41, 5.74) is 1.11. The maximum Gasteiger partial charge on any atom is 0.0737 e. The van der Waals surface area contributed by atoms with Gasteiger partial charge < -0.3 is 4.74 Å². The third kappa shape index (κ3) is 2.57. The van der Waals surface area contributed by atoms with Crippen LogP contribution in [0.3, 0.4) is 0 Å². The van der Waals surface area contributed by atoms with Crippen LogP contribution in [0, 0.1) is 11.3 Å². The van der Waals surface area contributed by atoms with Gasteiger partial charge in [-0.15, -0.1) is 0 Å². The van der Waals surface area contributed by atoms with E-state index in [1.54, 1.807) is 0 Å². The molecule has 0 aromatic heterocycles. The van der Waals surface area contributed by atoms with Gasteiger partial charge in [0.2, 0.25) is 0 Å². The van der Waals surface area contributed by atoms with Crippen molar-refractivity contribution in [2.24, 2.45) is 0 Å². The molecule has 2 rings (SSSR count). The maximum atomic E-state index is 9.13. The highest BCUT2D eigenvalue weighted by Crippen LogP contribution is 2.26. The molecule has 0 radical (unpaired) electrons. The standard InChI is InChI=1S/C13H15NO/c14-10-12(9-13-7-4-8-15-13)11-5-2-1-3-6-11/h1-3,5-6,12-13H,4,7-9H2. The summed E-state index contributed by atoms with van der Waals surface area (Å²) >= 11 is 0. The van der Waals surface area contributed by atoms with E-state index in [2.05, 4.69) is 6.07 Å². The van der Waals surface area contributed by atoms with Crippen LogP contribution in [0.4, 0.5) is 0 Å². The Balaban J connectivity index is 2.02. The Hall–Kier alpha value is -1.33. The Kier molecular flexibility index (Phi) is 3.37. The van der Waals surface area contributed by atoms with E-state index >= 15 is 0 Å². The van der Waals surface area contributed by atoms with Crippen molar-refractivity contribution < 1.29 is 4.74 Å². The molecule has 0 saturated carbocycles. The lowest BCUT2D eigenvalue weighted by atomic mass is 9.94. The van der Waals surface area contributed by atoms with Crippen molar-refractivity contribution in [2.75, 3.05) is 6.61 Å². The SMILES string of the molecule is N#CC(CC1CCCO1)c1ccccc1. The maximum absolute atomic E-state index is 9.13. The summed E-state index contributed by atoms with van der Waals surface area (Å²) in [5, 5.41) is 9.13. The molecule has 1 aliphatic rings. The number of nitrogens with zero attached hydrogens (tertiary/aromatic N) is 1. The molecule has 1 aromatic rings. The van der Waals surface area contributed by atoms with Crippen LogP contribution < -0.4 is 0 Å². The summed E-state index contributed by atoms with van der Waals surface area (Å²) in [4.78, 5) is 0. The second-order valence-corrected chi connectivity index (χ2v) is 3.96. The summed E-state index contributed by atoms with van der Waals surface area (Å²) in [6.07, 6.45) is 3.36. The Labute approximate surface area is 90.5 Å². The summed E-state index contributed by atoms with van der Waals surface area (Å²) in [5.74, 6) is -0.0192. The monoisotopic (exact) mass is 201 g/mol. The number of hydrogen-bond acceptors (Lipinski definition) is 2. The van der Waals surface area contributed by atoms with E-state index in [4.69, 9.17) is 10.00 Å². The molecular formula is C13H15NO. The predicted molar refractivity (Wildman–Crippen MR) is 58.4 cm³/mol. The van der Waals surface area contributed by atoms with E-state index in [0.717, 1.165) is 31.4 Å². The number of ether oxygens (including phenoxy) is 1. The average Bonchev–Trinajstić information content (AvgIpc) is 2.80. The van der Waals surface area contributed by atoms with Gasteiger partial charge in [0.05, 0.1) is 18.1 Å². The molecule has 0 bridgehead atoms. The molecule has 0 amide bonds. The normalized spacial score (nSPS) is 22.2. The highest BCUT2D eigenvalue weighted by Gasteiger charge is 2.21. The first-order chi connectivity index (χ1) is 7.40. The van der Waals surface area contributed by atoms with Crippen LogP contribution in [0.5, 0.6) is 0 Å². The molecule has 2 heteroatoms. The number of nitriles is 1. The molecule has 1 heterocycles. The van der Waals surface area contributed by atoms with Crippen molar-refractivity contribution in [1.82, 2.24) is 0 Å². The van der Waals surface area contributed by atoms with Gasteiger partial charge in [0.25, 0.3) is 0 Å². The molecule has 1 fully saturated rings. The molecule has 2 atom stereocenters. The first-order valence-electron chi connectivity index (χ1n) is 5.46. The first kappa shape index (κ1) is 10.2. The molecule has 0 spiro atoms. The Morgan fingerprint density at radius 1 is 1.40 bits per heavy atom. The van der Waals surface area contributed by atoms with Gasteiger partial charge in [-0.3, -0.25) is 0 Å². The van der Waals surface area contributed by atoms with E-state index in [9.17, 15) is 0 Å². The average molecular weight is 201 g/mol. The number of benzene rings is 1. The largest absolute Gasteiger partial charge is 0.378 e. The minimum atomic E-state index is -0.0192. The lowest BCUT2D eigenvalue weighted by Crippen LogP contribution is -2.10. The zero-order valence-corrected chi connectivity index (χ0v) is 8.73. The molecule has 2 nitrogen and oxygen atoms in total. The van der Waals surface area contributed by atoms with Crippen LogP contribution in [-0.2, 0) is 4.74 Å². The van der Waals surface area contributed by atoms with Crippen LogP contribution in [0.25, 0.3) is 0 Å². The zero-order chi connectivity index (χ0) is 10.5. The fraction of sp³-hybridized carbons (Fsp3) is 0.462. The van der Waals surface area contributed by atoms with Crippen LogP contribution >= 0.6 is 0 Å². The smallest absolute Gasteiger partial charge is 0.0737 e. The molecular weight excluding hydrogens is 186 g/mol. The Morgan fingerprint density at radius 2 is 2.20 bits per heavy atom. The van der Waals surface area contributed by atoms with Crippen LogP contribution in [0.2, 0.25) is 0 Å². The number of hydrogen-bond donors (Lipinski definition) is 0. The van der Waals surface area contributed by atoms with Crippen molar-refractivity contribution in [2.45, 2.75) is 31.3 Å². The first-order valence-corrected chi connectivity index (χ1v) is 5.46. The molecule has 0 N–H and O–H groups in total. The number of rotatable bonds is 3. The van der Waals surface area contributed by atoms with E-state index in [1.165, 1.54) is 0 Å². The second kappa shape index (κ2) is 4.95. The highest BCUT2D eigenvalue weighted by atomic mass is 16.5. The van der Waals surface area contributed by atoms with Gasteiger partial charge in [0.15, 0.2) is 0 Å². The van der Waals surface area contributed by atoms with Gasteiger partial charge in [-0.25, -0.2) is 0 Å².